The van der Waals surface area contributed by atoms with E-state index in [1.54, 1.807) is 6.07 Å². The average molecular weight is 284 g/mol. The van der Waals surface area contributed by atoms with Crippen molar-refractivity contribution in [2.75, 3.05) is 46.3 Å². The minimum absolute atomic E-state index is 0.218. The van der Waals surface area contributed by atoms with Gasteiger partial charge in [-0.25, -0.2) is 0 Å². The van der Waals surface area contributed by atoms with Gasteiger partial charge in [0, 0.05) is 57.3 Å². The van der Waals surface area contributed by atoms with E-state index in [1.807, 2.05) is 5.38 Å². The molecule has 6 nitrogen and oxygen atoms in total. The summed E-state index contributed by atoms with van der Waals surface area (Å²) in [6, 6.07) is 1.65. The zero-order valence-corrected chi connectivity index (χ0v) is 12.0. The maximum Gasteiger partial charge on any atom is 0.324 e. The largest absolute Gasteiger partial charge is 0.324 e. The summed E-state index contributed by atoms with van der Waals surface area (Å²) in [5.74, 6) is 0. The van der Waals surface area contributed by atoms with Crippen molar-refractivity contribution in [2.24, 2.45) is 0 Å². The number of piperazine rings is 1. The molecule has 0 amide bonds. The van der Waals surface area contributed by atoms with Gasteiger partial charge in [-0.1, -0.05) is 11.3 Å². The van der Waals surface area contributed by atoms with E-state index in [2.05, 4.69) is 22.2 Å². The lowest BCUT2D eigenvalue weighted by Gasteiger charge is -2.32. The molecule has 0 spiro atoms. The van der Waals surface area contributed by atoms with Crippen LogP contribution in [-0.4, -0.2) is 61.0 Å². The van der Waals surface area contributed by atoms with Crippen LogP contribution in [0.5, 0.6) is 0 Å². The molecule has 2 rings (SSSR count). The molecule has 1 N–H and O–H groups in total. The van der Waals surface area contributed by atoms with E-state index >= 15 is 0 Å². The molecular formula is C12H20N4O2S. The highest BCUT2D eigenvalue weighted by molar-refractivity contribution is 7.13. The minimum atomic E-state index is -0.335. The van der Waals surface area contributed by atoms with Crippen molar-refractivity contribution < 1.29 is 4.92 Å². The number of likely N-dealkylation sites (N-methyl/N-ethyl adjacent to an activating group) is 1. The Balaban J connectivity index is 1.62. The number of rotatable bonds is 6. The molecule has 0 atom stereocenters. The van der Waals surface area contributed by atoms with Crippen molar-refractivity contribution in [3.63, 3.8) is 0 Å². The summed E-state index contributed by atoms with van der Waals surface area (Å²) in [6.45, 7) is 7.20. The summed E-state index contributed by atoms with van der Waals surface area (Å²) < 4.78 is 0. The van der Waals surface area contributed by atoms with Gasteiger partial charge in [0.1, 0.15) is 0 Å². The molecule has 1 aliphatic heterocycles. The lowest BCUT2D eigenvalue weighted by molar-refractivity contribution is -0.380. The Morgan fingerprint density at radius 2 is 2.16 bits per heavy atom. The Morgan fingerprint density at radius 1 is 1.42 bits per heavy atom. The quantitative estimate of drug-likeness (QED) is 0.479. The smallest absolute Gasteiger partial charge is 0.311 e. The molecule has 1 fully saturated rings. The summed E-state index contributed by atoms with van der Waals surface area (Å²) in [4.78, 5) is 15.0. The first kappa shape index (κ1) is 14.4. The Kier molecular flexibility index (Phi) is 5.26. The predicted octanol–water partition coefficient (Wildman–Crippen LogP) is 0.993. The van der Waals surface area contributed by atoms with Gasteiger partial charge in [-0.2, -0.15) is 0 Å². The van der Waals surface area contributed by atoms with Crippen molar-refractivity contribution in [2.45, 2.75) is 6.54 Å². The van der Waals surface area contributed by atoms with Gasteiger partial charge in [-0.15, -0.1) is 0 Å². The molecule has 1 aromatic heterocycles. The van der Waals surface area contributed by atoms with Crippen LogP contribution in [-0.2, 0) is 6.54 Å². The third-order valence-corrected chi connectivity index (χ3v) is 4.28. The zero-order chi connectivity index (χ0) is 13.7. The first-order chi connectivity index (χ1) is 9.15. The highest BCUT2D eigenvalue weighted by Gasteiger charge is 2.13. The van der Waals surface area contributed by atoms with Gasteiger partial charge in [0.05, 0.1) is 4.92 Å². The first-order valence-corrected chi connectivity index (χ1v) is 7.36. The number of nitrogens with zero attached hydrogens (tertiary/aromatic N) is 3. The Bertz CT molecular complexity index is 416. The van der Waals surface area contributed by atoms with E-state index in [1.165, 1.54) is 11.3 Å². The predicted molar refractivity (Wildman–Crippen MR) is 76.6 cm³/mol. The number of hydrogen-bond acceptors (Lipinski definition) is 6. The van der Waals surface area contributed by atoms with Gasteiger partial charge in [0.25, 0.3) is 0 Å². The Morgan fingerprint density at radius 3 is 2.79 bits per heavy atom. The average Bonchev–Trinajstić information content (AvgIpc) is 2.86. The topological polar surface area (TPSA) is 61.6 Å². The van der Waals surface area contributed by atoms with E-state index in [0.717, 1.165) is 44.8 Å². The van der Waals surface area contributed by atoms with Gasteiger partial charge in [0.15, 0.2) is 0 Å². The molecule has 1 aliphatic rings. The molecule has 19 heavy (non-hydrogen) atoms. The third kappa shape index (κ3) is 4.54. The number of nitro groups is 1. The van der Waals surface area contributed by atoms with Crippen LogP contribution in [0.25, 0.3) is 0 Å². The van der Waals surface area contributed by atoms with Gasteiger partial charge < -0.3 is 10.2 Å². The van der Waals surface area contributed by atoms with Gasteiger partial charge in [-0.3, -0.25) is 15.0 Å². The summed E-state index contributed by atoms with van der Waals surface area (Å²) in [5.41, 5.74) is 0.995. The van der Waals surface area contributed by atoms with E-state index in [9.17, 15) is 10.1 Å². The van der Waals surface area contributed by atoms with Crippen molar-refractivity contribution >= 4 is 16.3 Å². The van der Waals surface area contributed by atoms with E-state index < -0.39 is 0 Å². The van der Waals surface area contributed by atoms with Gasteiger partial charge in [0.2, 0.25) is 0 Å². The second kappa shape index (κ2) is 6.95. The molecule has 106 valence electrons. The molecule has 0 aliphatic carbocycles. The number of nitrogens with one attached hydrogen (secondary N) is 1. The SMILES string of the molecule is CN1CCN(CCNCc2csc([N+](=O)[O-])c2)CC1. The van der Waals surface area contributed by atoms with Crippen molar-refractivity contribution in [1.29, 1.82) is 0 Å². The van der Waals surface area contributed by atoms with Crippen LogP contribution < -0.4 is 5.32 Å². The van der Waals surface area contributed by atoms with E-state index in [-0.39, 0.29) is 9.92 Å². The lowest BCUT2D eigenvalue weighted by atomic mass is 10.3. The van der Waals surface area contributed by atoms with E-state index in [0.29, 0.717) is 6.54 Å². The second-order valence-corrected chi connectivity index (χ2v) is 5.76. The van der Waals surface area contributed by atoms with Crippen LogP contribution >= 0.6 is 11.3 Å². The van der Waals surface area contributed by atoms with Gasteiger partial charge >= 0.3 is 5.00 Å². The molecule has 0 bridgehead atoms. The summed E-state index contributed by atoms with van der Waals surface area (Å²) in [6.07, 6.45) is 0. The highest BCUT2D eigenvalue weighted by Crippen LogP contribution is 2.22. The van der Waals surface area contributed by atoms with Crippen LogP contribution in [0.15, 0.2) is 11.4 Å². The van der Waals surface area contributed by atoms with Crippen LogP contribution in [0.1, 0.15) is 5.56 Å². The van der Waals surface area contributed by atoms with Crippen molar-refractivity contribution in [1.82, 2.24) is 15.1 Å². The lowest BCUT2D eigenvalue weighted by Crippen LogP contribution is -2.46. The fourth-order valence-corrected chi connectivity index (χ4v) is 2.82. The number of thiophene rings is 1. The monoisotopic (exact) mass is 284 g/mol. The maximum absolute atomic E-state index is 10.6. The fraction of sp³-hybridized carbons (Fsp3) is 0.667. The van der Waals surface area contributed by atoms with Crippen LogP contribution in [0.3, 0.4) is 0 Å². The summed E-state index contributed by atoms with van der Waals surface area (Å²) in [7, 11) is 2.15. The highest BCUT2D eigenvalue weighted by atomic mass is 32.1. The molecule has 2 heterocycles. The zero-order valence-electron chi connectivity index (χ0n) is 11.2. The fourth-order valence-electron chi connectivity index (χ4n) is 2.09. The van der Waals surface area contributed by atoms with Crippen LogP contribution in [0, 0.1) is 10.1 Å². The summed E-state index contributed by atoms with van der Waals surface area (Å²) >= 11 is 1.19. The van der Waals surface area contributed by atoms with Crippen LogP contribution in [0.4, 0.5) is 5.00 Å². The minimum Gasteiger partial charge on any atom is -0.311 e. The van der Waals surface area contributed by atoms with Crippen LogP contribution in [0.2, 0.25) is 0 Å². The molecule has 7 heteroatoms. The molecule has 0 aromatic carbocycles. The molecule has 1 aromatic rings. The molecule has 0 radical (unpaired) electrons. The number of hydrogen-bond donors (Lipinski definition) is 1. The van der Waals surface area contributed by atoms with Crippen molar-refractivity contribution in [3.8, 4) is 0 Å². The standard InChI is InChI=1S/C12H20N4O2S/c1-14-4-6-15(7-5-14)3-2-13-9-11-8-12(16(17)18)19-10-11/h8,10,13H,2-7,9H2,1H3. The molecule has 1 saturated heterocycles. The van der Waals surface area contributed by atoms with Crippen molar-refractivity contribution in [3.05, 3.63) is 27.1 Å². The molecular weight excluding hydrogens is 264 g/mol. The normalized spacial score (nSPS) is 17.7. The second-order valence-electron chi connectivity index (χ2n) is 4.87. The maximum atomic E-state index is 10.6. The summed E-state index contributed by atoms with van der Waals surface area (Å²) in [5, 5.41) is 16.0. The Hall–Kier alpha value is -1.02. The third-order valence-electron chi connectivity index (χ3n) is 3.35. The van der Waals surface area contributed by atoms with E-state index in [4.69, 9.17) is 0 Å². The Labute approximate surface area is 117 Å². The molecule has 0 saturated carbocycles. The first-order valence-electron chi connectivity index (χ1n) is 6.48. The molecule has 0 unspecified atom stereocenters. The van der Waals surface area contributed by atoms with Gasteiger partial charge in [-0.05, 0) is 12.6 Å².